The summed E-state index contributed by atoms with van der Waals surface area (Å²) in [6.45, 7) is 2.16. The second-order valence-corrected chi connectivity index (χ2v) is 4.56. The standard InChI is InChI=1S/C12H16BrNO3/c1-3-8-6-9(13)4-5-10(8)14-11(7-17-2)12(15)16/h4-6,11,14H,3,7H2,1-2H3,(H,15,16). The van der Waals surface area contributed by atoms with Crippen LogP contribution in [0.5, 0.6) is 0 Å². The summed E-state index contributed by atoms with van der Waals surface area (Å²) >= 11 is 3.39. The Morgan fingerprint density at radius 2 is 2.29 bits per heavy atom. The van der Waals surface area contributed by atoms with Gasteiger partial charge in [0.2, 0.25) is 0 Å². The van der Waals surface area contributed by atoms with Crippen LogP contribution in [0.15, 0.2) is 22.7 Å². The van der Waals surface area contributed by atoms with E-state index in [2.05, 4.69) is 21.2 Å². The number of carbonyl (C=O) groups is 1. The molecule has 1 atom stereocenters. The van der Waals surface area contributed by atoms with Gasteiger partial charge in [-0.15, -0.1) is 0 Å². The largest absolute Gasteiger partial charge is 0.480 e. The summed E-state index contributed by atoms with van der Waals surface area (Å²) in [5, 5.41) is 12.0. The fourth-order valence-corrected chi connectivity index (χ4v) is 1.93. The molecule has 94 valence electrons. The van der Waals surface area contributed by atoms with Crippen molar-refractivity contribution in [1.29, 1.82) is 0 Å². The Hall–Kier alpha value is -1.07. The number of methoxy groups -OCH3 is 1. The number of aryl methyl sites for hydroxylation is 1. The third-order valence-corrected chi connectivity index (χ3v) is 2.90. The predicted octanol–water partition coefficient (Wildman–Crippen LogP) is 2.52. The molecule has 4 nitrogen and oxygen atoms in total. The molecule has 0 aromatic heterocycles. The van der Waals surface area contributed by atoms with Crippen molar-refractivity contribution >= 4 is 27.6 Å². The van der Waals surface area contributed by atoms with Gasteiger partial charge in [0.05, 0.1) is 6.61 Å². The molecule has 1 rings (SSSR count). The molecule has 0 heterocycles. The molecule has 0 bridgehead atoms. The van der Waals surface area contributed by atoms with Crippen LogP contribution < -0.4 is 5.32 Å². The van der Waals surface area contributed by atoms with Crippen molar-refractivity contribution in [3.05, 3.63) is 28.2 Å². The van der Waals surface area contributed by atoms with Crippen LogP contribution in [0.4, 0.5) is 5.69 Å². The minimum absolute atomic E-state index is 0.133. The van der Waals surface area contributed by atoms with Crippen LogP contribution in [0, 0.1) is 0 Å². The Morgan fingerprint density at radius 1 is 1.59 bits per heavy atom. The first-order valence-electron chi connectivity index (χ1n) is 5.35. The van der Waals surface area contributed by atoms with E-state index in [0.717, 1.165) is 22.1 Å². The average molecular weight is 302 g/mol. The summed E-state index contributed by atoms with van der Waals surface area (Å²) in [4.78, 5) is 11.0. The van der Waals surface area contributed by atoms with E-state index in [1.165, 1.54) is 7.11 Å². The lowest BCUT2D eigenvalue weighted by atomic mass is 10.1. The Kier molecular flexibility index (Phi) is 5.44. The Balaban J connectivity index is 2.88. The van der Waals surface area contributed by atoms with Crippen LogP contribution in [-0.2, 0) is 16.0 Å². The Labute approximate surface area is 109 Å². The summed E-state index contributed by atoms with van der Waals surface area (Å²) in [7, 11) is 1.49. The number of rotatable bonds is 6. The topological polar surface area (TPSA) is 58.6 Å². The van der Waals surface area contributed by atoms with Gasteiger partial charge >= 0.3 is 5.97 Å². The maximum absolute atomic E-state index is 11.0. The zero-order chi connectivity index (χ0) is 12.8. The van der Waals surface area contributed by atoms with Gasteiger partial charge < -0.3 is 15.2 Å². The van der Waals surface area contributed by atoms with E-state index in [1.807, 2.05) is 25.1 Å². The number of carboxylic acids is 1. The Morgan fingerprint density at radius 3 is 2.82 bits per heavy atom. The summed E-state index contributed by atoms with van der Waals surface area (Å²) in [6, 6.07) is 5.00. The van der Waals surface area contributed by atoms with Crippen molar-refractivity contribution < 1.29 is 14.6 Å². The molecule has 1 aromatic rings. The third-order valence-electron chi connectivity index (χ3n) is 2.41. The molecular weight excluding hydrogens is 286 g/mol. The number of nitrogens with one attached hydrogen (secondary N) is 1. The molecule has 0 aliphatic rings. The lowest BCUT2D eigenvalue weighted by Gasteiger charge is -2.17. The molecule has 0 saturated heterocycles. The molecule has 0 aliphatic heterocycles. The SMILES string of the molecule is CCc1cc(Br)ccc1NC(COC)C(=O)O. The van der Waals surface area contributed by atoms with Crippen molar-refractivity contribution in [3.63, 3.8) is 0 Å². The number of aliphatic carboxylic acids is 1. The van der Waals surface area contributed by atoms with E-state index in [1.54, 1.807) is 0 Å². The highest BCUT2D eigenvalue weighted by molar-refractivity contribution is 9.10. The molecule has 17 heavy (non-hydrogen) atoms. The second-order valence-electron chi connectivity index (χ2n) is 3.65. The molecule has 0 fully saturated rings. The first kappa shape index (κ1) is 14.0. The molecule has 0 saturated carbocycles. The van der Waals surface area contributed by atoms with Crippen molar-refractivity contribution in [2.75, 3.05) is 19.0 Å². The van der Waals surface area contributed by atoms with Gasteiger partial charge in [0.1, 0.15) is 6.04 Å². The molecule has 2 N–H and O–H groups in total. The smallest absolute Gasteiger partial charge is 0.328 e. The van der Waals surface area contributed by atoms with Gasteiger partial charge in [-0.2, -0.15) is 0 Å². The normalized spacial score (nSPS) is 12.2. The molecular formula is C12H16BrNO3. The van der Waals surface area contributed by atoms with E-state index >= 15 is 0 Å². The fraction of sp³-hybridized carbons (Fsp3) is 0.417. The second kappa shape index (κ2) is 6.61. The number of hydrogen-bond acceptors (Lipinski definition) is 3. The molecule has 0 spiro atoms. The monoisotopic (exact) mass is 301 g/mol. The minimum atomic E-state index is -0.920. The zero-order valence-electron chi connectivity index (χ0n) is 9.87. The van der Waals surface area contributed by atoms with Gasteiger partial charge in [-0.25, -0.2) is 4.79 Å². The highest BCUT2D eigenvalue weighted by Gasteiger charge is 2.17. The minimum Gasteiger partial charge on any atom is -0.480 e. The van der Waals surface area contributed by atoms with E-state index in [0.29, 0.717) is 0 Å². The van der Waals surface area contributed by atoms with Crippen LogP contribution in [0.1, 0.15) is 12.5 Å². The maximum atomic E-state index is 11.0. The van der Waals surface area contributed by atoms with Crippen LogP contribution in [-0.4, -0.2) is 30.8 Å². The van der Waals surface area contributed by atoms with Gasteiger partial charge in [-0.3, -0.25) is 0 Å². The lowest BCUT2D eigenvalue weighted by molar-refractivity contribution is -0.139. The maximum Gasteiger partial charge on any atom is 0.328 e. The molecule has 0 amide bonds. The van der Waals surface area contributed by atoms with E-state index in [-0.39, 0.29) is 6.61 Å². The van der Waals surface area contributed by atoms with Gasteiger partial charge in [-0.05, 0) is 30.2 Å². The quantitative estimate of drug-likeness (QED) is 0.848. The van der Waals surface area contributed by atoms with Gasteiger partial charge in [0, 0.05) is 17.3 Å². The fourth-order valence-electron chi connectivity index (χ4n) is 1.52. The molecule has 0 radical (unpaired) electrons. The van der Waals surface area contributed by atoms with E-state index in [9.17, 15) is 4.79 Å². The van der Waals surface area contributed by atoms with Crippen molar-refractivity contribution in [1.82, 2.24) is 0 Å². The molecule has 1 aromatic carbocycles. The van der Waals surface area contributed by atoms with Crippen molar-refractivity contribution in [3.8, 4) is 0 Å². The van der Waals surface area contributed by atoms with Crippen LogP contribution >= 0.6 is 15.9 Å². The number of hydrogen-bond donors (Lipinski definition) is 2. The third kappa shape index (κ3) is 4.02. The summed E-state index contributed by atoms with van der Waals surface area (Å²) in [5.41, 5.74) is 1.90. The van der Waals surface area contributed by atoms with Crippen LogP contribution in [0.2, 0.25) is 0 Å². The van der Waals surface area contributed by atoms with Crippen LogP contribution in [0.3, 0.4) is 0 Å². The van der Waals surface area contributed by atoms with E-state index in [4.69, 9.17) is 9.84 Å². The first-order chi connectivity index (χ1) is 8.08. The van der Waals surface area contributed by atoms with Crippen LogP contribution in [0.25, 0.3) is 0 Å². The van der Waals surface area contributed by atoms with Gasteiger partial charge in [0.25, 0.3) is 0 Å². The molecule has 5 heteroatoms. The number of carboxylic acid groups (broad SMARTS) is 1. The number of anilines is 1. The highest BCUT2D eigenvalue weighted by Crippen LogP contribution is 2.22. The molecule has 1 unspecified atom stereocenters. The number of ether oxygens (including phenoxy) is 1. The lowest BCUT2D eigenvalue weighted by Crippen LogP contribution is -2.33. The van der Waals surface area contributed by atoms with Gasteiger partial charge in [0.15, 0.2) is 0 Å². The van der Waals surface area contributed by atoms with E-state index < -0.39 is 12.0 Å². The summed E-state index contributed by atoms with van der Waals surface area (Å²) in [6.07, 6.45) is 0.834. The predicted molar refractivity (Wildman–Crippen MR) is 70.4 cm³/mol. The Bertz CT molecular complexity index is 395. The van der Waals surface area contributed by atoms with Crippen molar-refractivity contribution in [2.45, 2.75) is 19.4 Å². The zero-order valence-corrected chi connectivity index (χ0v) is 11.5. The van der Waals surface area contributed by atoms with Gasteiger partial charge in [-0.1, -0.05) is 22.9 Å². The summed E-state index contributed by atoms with van der Waals surface area (Å²) in [5.74, 6) is -0.920. The number of halogens is 1. The summed E-state index contributed by atoms with van der Waals surface area (Å²) < 4.78 is 5.87. The van der Waals surface area contributed by atoms with Crippen molar-refractivity contribution in [2.24, 2.45) is 0 Å². The molecule has 0 aliphatic carbocycles. The first-order valence-corrected chi connectivity index (χ1v) is 6.14. The number of benzene rings is 1. The highest BCUT2D eigenvalue weighted by atomic mass is 79.9. The average Bonchev–Trinajstić information content (AvgIpc) is 2.30.